The summed E-state index contributed by atoms with van der Waals surface area (Å²) in [6.45, 7) is 2.17. The number of unbranched alkanes of at least 4 members (excludes halogenated alkanes) is 1. The third-order valence-corrected chi connectivity index (χ3v) is 5.40. The molecule has 140 valence electrons. The van der Waals surface area contributed by atoms with Crippen LogP contribution in [-0.4, -0.2) is 21.6 Å². The molecule has 27 heavy (non-hydrogen) atoms. The van der Waals surface area contributed by atoms with Gasteiger partial charge in [-0.15, -0.1) is 0 Å². The Kier molecular flexibility index (Phi) is 5.34. The summed E-state index contributed by atoms with van der Waals surface area (Å²) in [6.07, 6.45) is 6.14. The minimum Gasteiger partial charge on any atom is -0.426 e. The van der Waals surface area contributed by atoms with Crippen LogP contribution in [0.15, 0.2) is 42.6 Å². The number of nitrogens with zero attached hydrogens (tertiary/aromatic N) is 1. The van der Waals surface area contributed by atoms with E-state index in [0.29, 0.717) is 5.82 Å². The van der Waals surface area contributed by atoms with Crippen molar-refractivity contribution in [1.82, 2.24) is 9.97 Å². The second-order valence-corrected chi connectivity index (χ2v) is 7.65. The molecule has 6 heteroatoms. The Hall–Kier alpha value is -2.47. The van der Waals surface area contributed by atoms with Crippen LogP contribution in [0.2, 0.25) is 0 Å². The van der Waals surface area contributed by atoms with E-state index in [4.69, 9.17) is 4.18 Å². The molecular formula is C21H23N3O2S. The number of aromatic nitrogens is 2. The van der Waals surface area contributed by atoms with E-state index in [9.17, 15) is 4.79 Å². The molecule has 5 nitrogen and oxygen atoms in total. The fourth-order valence-corrected chi connectivity index (χ4v) is 3.65. The van der Waals surface area contributed by atoms with Crippen molar-refractivity contribution in [3.8, 4) is 16.9 Å². The van der Waals surface area contributed by atoms with Crippen LogP contribution in [0.3, 0.4) is 0 Å². The lowest BCUT2D eigenvalue weighted by Gasteiger charge is -2.10. The summed E-state index contributed by atoms with van der Waals surface area (Å²) in [5, 5.41) is 3.98. The smallest absolute Gasteiger partial charge is 0.228 e. The first-order valence-electron chi connectivity index (χ1n) is 9.43. The Morgan fingerprint density at radius 1 is 1.30 bits per heavy atom. The summed E-state index contributed by atoms with van der Waals surface area (Å²) in [5.41, 5.74) is 2.88. The number of carbonyl (C=O) groups excluding carboxylic acids is 1. The molecule has 0 atom stereocenters. The lowest BCUT2D eigenvalue weighted by atomic mass is 10.0. The molecule has 0 radical (unpaired) electrons. The van der Waals surface area contributed by atoms with Crippen molar-refractivity contribution in [2.45, 2.75) is 32.6 Å². The van der Waals surface area contributed by atoms with Crippen molar-refractivity contribution in [3.63, 3.8) is 0 Å². The maximum absolute atomic E-state index is 12.1. The van der Waals surface area contributed by atoms with Crippen LogP contribution < -0.4 is 9.50 Å². The Balaban J connectivity index is 1.56. The van der Waals surface area contributed by atoms with E-state index in [2.05, 4.69) is 22.2 Å². The van der Waals surface area contributed by atoms with Gasteiger partial charge in [-0.25, -0.2) is 4.98 Å². The number of hydrogen-bond acceptors (Lipinski definition) is 4. The number of anilines is 1. The minimum atomic E-state index is 0.0622. The summed E-state index contributed by atoms with van der Waals surface area (Å²) >= 11 is 1.49. The highest BCUT2D eigenvalue weighted by atomic mass is 32.2. The zero-order valence-electron chi connectivity index (χ0n) is 15.3. The number of aromatic amines is 1. The van der Waals surface area contributed by atoms with Crippen molar-refractivity contribution >= 4 is 34.8 Å². The summed E-state index contributed by atoms with van der Waals surface area (Å²) in [6, 6.07) is 12.0. The number of pyridine rings is 1. The maximum Gasteiger partial charge on any atom is 0.228 e. The lowest BCUT2D eigenvalue weighted by Crippen LogP contribution is -2.14. The molecule has 1 aromatic carbocycles. The normalized spacial score (nSPS) is 13.7. The van der Waals surface area contributed by atoms with Gasteiger partial charge in [-0.1, -0.05) is 25.5 Å². The van der Waals surface area contributed by atoms with Crippen LogP contribution in [0.1, 0.15) is 32.6 Å². The summed E-state index contributed by atoms with van der Waals surface area (Å²) in [4.78, 5) is 19.8. The molecule has 1 fully saturated rings. The zero-order valence-corrected chi connectivity index (χ0v) is 16.1. The molecule has 0 bridgehead atoms. The van der Waals surface area contributed by atoms with E-state index in [-0.39, 0.29) is 11.8 Å². The van der Waals surface area contributed by atoms with Gasteiger partial charge in [0.2, 0.25) is 5.91 Å². The monoisotopic (exact) mass is 381 g/mol. The van der Waals surface area contributed by atoms with Gasteiger partial charge in [-0.2, -0.15) is 0 Å². The van der Waals surface area contributed by atoms with Gasteiger partial charge >= 0.3 is 0 Å². The van der Waals surface area contributed by atoms with E-state index in [0.717, 1.165) is 52.9 Å². The van der Waals surface area contributed by atoms with E-state index < -0.39 is 0 Å². The molecule has 0 saturated heterocycles. The molecule has 1 amide bonds. The second-order valence-electron chi connectivity index (χ2n) is 6.84. The Bertz CT molecular complexity index is 932. The van der Waals surface area contributed by atoms with Gasteiger partial charge < -0.3 is 14.5 Å². The van der Waals surface area contributed by atoms with E-state index in [1.165, 1.54) is 18.5 Å². The van der Waals surface area contributed by atoms with Gasteiger partial charge in [-0.05, 0) is 54.7 Å². The van der Waals surface area contributed by atoms with Crippen LogP contribution in [-0.2, 0) is 4.79 Å². The topological polar surface area (TPSA) is 67.0 Å². The molecule has 1 aliphatic carbocycles. The maximum atomic E-state index is 12.1. The van der Waals surface area contributed by atoms with Gasteiger partial charge in [0.25, 0.3) is 0 Å². The highest BCUT2D eigenvalue weighted by Gasteiger charge is 2.30. The molecule has 1 saturated carbocycles. The van der Waals surface area contributed by atoms with Crippen LogP contribution in [0.4, 0.5) is 5.82 Å². The van der Waals surface area contributed by atoms with Gasteiger partial charge in [0.05, 0.1) is 12.0 Å². The predicted octanol–water partition coefficient (Wildman–Crippen LogP) is 5.41. The van der Waals surface area contributed by atoms with E-state index >= 15 is 0 Å². The first-order chi connectivity index (χ1) is 13.2. The molecule has 0 spiro atoms. The first kappa shape index (κ1) is 17.9. The Morgan fingerprint density at radius 2 is 2.11 bits per heavy atom. The van der Waals surface area contributed by atoms with E-state index in [1.54, 1.807) is 0 Å². The van der Waals surface area contributed by atoms with Crippen LogP contribution in [0.5, 0.6) is 5.75 Å². The van der Waals surface area contributed by atoms with Gasteiger partial charge in [-0.3, -0.25) is 4.79 Å². The molecule has 0 unspecified atom stereocenters. The van der Waals surface area contributed by atoms with Crippen molar-refractivity contribution in [3.05, 3.63) is 42.6 Å². The Labute approximate surface area is 163 Å². The van der Waals surface area contributed by atoms with Gasteiger partial charge in [0, 0.05) is 23.3 Å². The van der Waals surface area contributed by atoms with Crippen molar-refractivity contribution in [2.24, 2.45) is 5.92 Å². The third kappa shape index (κ3) is 4.27. The van der Waals surface area contributed by atoms with Gasteiger partial charge in [0.15, 0.2) is 0 Å². The highest BCUT2D eigenvalue weighted by molar-refractivity contribution is 7.95. The van der Waals surface area contributed by atoms with Crippen molar-refractivity contribution < 1.29 is 8.98 Å². The number of H-pyrrole nitrogens is 1. The number of benzene rings is 1. The minimum absolute atomic E-state index is 0.0622. The second kappa shape index (κ2) is 8.05. The molecule has 2 aromatic heterocycles. The lowest BCUT2D eigenvalue weighted by molar-refractivity contribution is -0.117. The Morgan fingerprint density at radius 3 is 2.85 bits per heavy atom. The molecule has 0 aliphatic heterocycles. The summed E-state index contributed by atoms with van der Waals surface area (Å²) < 4.78 is 5.72. The molecule has 4 rings (SSSR count). The highest BCUT2D eigenvalue weighted by Crippen LogP contribution is 2.33. The van der Waals surface area contributed by atoms with Crippen LogP contribution in [0, 0.1) is 5.92 Å². The number of nitrogens with one attached hydrogen (secondary N) is 2. The summed E-state index contributed by atoms with van der Waals surface area (Å²) in [7, 11) is 0. The number of hydrogen-bond donors (Lipinski definition) is 2. The quantitative estimate of drug-likeness (QED) is 0.405. The van der Waals surface area contributed by atoms with Gasteiger partial charge in [0.1, 0.15) is 17.2 Å². The van der Waals surface area contributed by atoms with Crippen molar-refractivity contribution in [1.29, 1.82) is 0 Å². The third-order valence-electron chi connectivity index (χ3n) is 4.63. The molecule has 3 aromatic rings. The average molecular weight is 382 g/mol. The predicted molar refractivity (Wildman–Crippen MR) is 111 cm³/mol. The zero-order chi connectivity index (χ0) is 18.6. The van der Waals surface area contributed by atoms with Crippen LogP contribution in [0.25, 0.3) is 22.2 Å². The molecule has 2 N–H and O–H groups in total. The molecular weight excluding hydrogens is 358 g/mol. The number of carbonyl (C=O) groups is 1. The van der Waals surface area contributed by atoms with Crippen molar-refractivity contribution in [2.75, 3.05) is 11.1 Å². The standard InChI is InChI=1S/C21H23N3O2S/c1-2-3-12-27-26-16-8-6-14(7-9-16)18-13-19(24-21(25)15-4-5-15)23-20-17(18)10-11-22-20/h6-11,13,15H,2-5,12H2,1H3,(H2,22,23,24,25). The molecule has 1 aliphatic rings. The first-order valence-corrected chi connectivity index (χ1v) is 10.3. The fourth-order valence-electron chi connectivity index (χ4n) is 2.92. The molecule has 2 heterocycles. The number of fused-ring (bicyclic) bond motifs is 1. The fraction of sp³-hybridized carbons (Fsp3) is 0.333. The van der Waals surface area contributed by atoms with E-state index in [1.807, 2.05) is 42.6 Å². The summed E-state index contributed by atoms with van der Waals surface area (Å²) in [5.74, 6) is 2.65. The SMILES string of the molecule is CCCCSOc1ccc(-c2cc(NC(=O)C3CC3)nc3[nH]ccc23)cc1. The average Bonchev–Trinajstić information content (AvgIpc) is 3.43. The number of amides is 1. The largest absolute Gasteiger partial charge is 0.426 e. The van der Waals surface area contributed by atoms with Crippen LogP contribution >= 0.6 is 12.0 Å². The number of rotatable bonds is 8.